The van der Waals surface area contributed by atoms with Crippen LogP contribution in [0.2, 0.25) is 0 Å². The monoisotopic (exact) mass is 327 g/mol. The van der Waals surface area contributed by atoms with Crippen molar-refractivity contribution in [2.45, 2.75) is 65.5 Å². The van der Waals surface area contributed by atoms with E-state index in [2.05, 4.69) is 13.8 Å². The number of rotatable bonds is 10. The van der Waals surface area contributed by atoms with Gasteiger partial charge in [0.2, 0.25) is 5.91 Å². The van der Waals surface area contributed by atoms with Crippen molar-refractivity contribution in [3.05, 3.63) is 0 Å². The van der Waals surface area contributed by atoms with Gasteiger partial charge in [-0.15, -0.1) is 0 Å². The van der Waals surface area contributed by atoms with Crippen LogP contribution in [0.4, 0.5) is 0 Å². The SMILES string of the molecule is CCO[C@@H]1C[C@@H](COC)N(C(=O)CC(C)C(C)CC(=O)CC)C1. The number of ketones is 1. The first kappa shape index (κ1) is 20.1. The highest BCUT2D eigenvalue weighted by Gasteiger charge is 2.36. The standard InChI is InChI=1S/C18H33NO4/c1-6-16(20)8-13(3)14(4)9-18(21)19-11-17(23-7-2)10-15(19)12-22-5/h13-15,17H,6-12H2,1-5H3/t13?,14?,15-,17+/m0/s1. The molecule has 134 valence electrons. The summed E-state index contributed by atoms with van der Waals surface area (Å²) in [5, 5.41) is 0. The lowest BCUT2D eigenvalue weighted by atomic mass is 9.88. The molecule has 1 rings (SSSR count). The molecule has 1 aliphatic rings. The van der Waals surface area contributed by atoms with E-state index in [0.717, 1.165) is 6.42 Å². The maximum Gasteiger partial charge on any atom is 0.223 e. The van der Waals surface area contributed by atoms with Crippen LogP contribution in [0.3, 0.4) is 0 Å². The molecular weight excluding hydrogens is 294 g/mol. The number of hydrogen-bond donors (Lipinski definition) is 0. The Labute approximate surface area is 140 Å². The summed E-state index contributed by atoms with van der Waals surface area (Å²) in [6, 6.07) is 0.101. The van der Waals surface area contributed by atoms with Crippen molar-refractivity contribution in [1.82, 2.24) is 4.90 Å². The van der Waals surface area contributed by atoms with Crippen molar-refractivity contribution in [3.8, 4) is 0 Å². The first-order valence-electron chi connectivity index (χ1n) is 8.84. The van der Waals surface area contributed by atoms with Gasteiger partial charge in [0.25, 0.3) is 0 Å². The average Bonchev–Trinajstić information content (AvgIpc) is 2.90. The highest BCUT2D eigenvalue weighted by atomic mass is 16.5. The Morgan fingerprint density at radius 1 is 1.17 bits per heavy atom. The van der Waals surface area contributed by atoms with E-state index in [1.54, 1.807) is 7.11 Å². The Bertz CT molecular complexity index is 385. The molecule has 0 aromatic carbocycles. The van der Waals surface area contributed by atoms with Crippen molar-refractivity contribution in [1.29, 1.82) is 0 Å². The van der Waals surface area contributed by atoms with E-state index >= 15 is 0 Å². The summed E-state index contributed by atoms with van der Waals surface area (Å²) in [6.45, 7) is 9.85. The number of amides is 1. The summed E-state index contributed by atoms with van der Waals surface area (Å²) in [5.41, 5.74) is 0. The van der Waals surface area contributed by atoms with Crippen LogP contribution >= 0.6 is 0 Å². The van der Waals surface area contributed by atoms with Gasteiger partial charge in [0, 0.05) is 39.5 Å². The number of hydrogen-bond acceptors (Lipinski definition) is 4. The third kappa shape index (κ3) is 6.22. The molecule has 1 fully saturated rings. The number of carbonyl (C=O) groups excluding carboxylic acids is 2. The Morgan fingerprint density at radius 2 is 1.83 bits per heavy atom. The van der Waals surface area contributed by atoms with E-state index < -0.39 is 0 Å². The van der Waals surface area contributed by atoms with Gasteiger partial charge in [-0.05, 0) is 25.2 Å². The zero-order valence-corrected chi connectivity index (χ0v) is 15.3. The summed E-state index contributed by atoms with van der Waals surface area (Å²) < 4.78 is 10.9. The van der Waals surface area contributed by atoms with Gasteiger partial charge in [0.05, 0.1) is 18.8 Å². The summed E-state index contributed by atoms with van der Waals surface area (Å²) in [5.74, 6) is 0.856. The topological polar surface area (TPSA) is 55.8 Å². The largest absolute Gasteiger partial charge is 0.383 e. The van der Waals surface area contributed by atoms with Crippen molar-refractivity contribution in [3.63, 3.8) is 0 Å². The van der Waals surface area contributed by atoms with Gasteiger partial charge >= 0.3 is 0 Å². The Hall–Kier alpha value is -0.940. The number of likely N-dealkylation sites (tertiary alicyclic amines) is 1. The molecule has 0 saturated carbocycles. The molecular formula is C18H33NO4. The van der Waals surface area contributed by atoms with Gasteiger partial charge in [-0.3, -0.25) is 9.59 Å². The highest BCUT2D eigenvalue weighted by Crippen LogP contribution is 2.25. The van der Waals surface area contributed by atoms with E-state index in [9.17, 15) is 9.59 Å². The Kier molecular flexibility index (Phi) is 8.77. The van der Waals surface area contributed by atoms with Crippen molar-refractivity contribution < 1.29 is 19.1 Å². The molecule has 1 aliphatic heterocycles. The van der Waals surface area contributed by atoms with E-state index in [-0.39, 0.29) is 35.7 Å². The number of nitrogens with zero attached hydrogens (tertiary/aromatic N) is 1. The zero-order valence-electron chi connectivity index (χ0n) is 15.3. The van der Waals surface area contributed by atoms with Gasteiger partial charge in [0.1, 0.15) is 5.78 Å². The molecule has 2 unspecified atom stereocenters. The van der Waals surface area contributed by atoms with Crippen molar-refractivity contribution in [2.24, 2.45) is 11.8 Å². The van der Waals surface area contributed by atoms with E-state index in [4.69, 9.17) is 9.47 Å². The molecule has 0 radical (unpaired) electrons. The zero-order chi connectivity index (χ0) is 17.4. The number of Topliss-reactive ketones (excluding diaryl/α,β-unsaturated/α-hetero) is 1. The maximum atomic E-state index is 12.7. The van der Waals surface area contributed by atoms with Gasteiger partial charge in [-0.25, -0.2) is 0 Å². The van der Waals surface area contributed by atoms with Crippen LogP contribution in [0, 0.1) is 11.8 Å². The lowest BCUT2D eigenvalue weighted by molar-refractivity contribution is -0.135. The first-order chi connectivity index (χ1) is 10.9. The quantitative estimate of drug-likeness (QED) is 0.619. The minimum atomic E-state index is 0.101. The fraction of sp³-hybridized carbons (Fsp3) is 0.889. The van der Waals surface area contributed by atoms with Crippen LogP contribution in [0.1, 0.15) is 53.4 Å². The average molecular weight is 327 g/mol. The first-order valence-corrected chi connectivity index (χ1v) is 8.84. The van der Waals surface area contributed by atoms with Crippen LogP contribution in [0.15, 0.2) is 0 Å². The third-order valence-electron chi connectivity index (χ3n) is 4.87. The molecule has 0 bridgehead atoms. The van der Waals surface area contributed by atoms with Gasteiger partial charge in [-0.2, -0.15) is 0 Å². The number of methoxy groups -OCH3 is 1. The van der Waals surface area contributed by atoms with E-state index in [1.807, 2.05) is 18.7 Å². The molecule has 5 heteroatoms. The predicted octanol–water partition coefficient (Wildman–Crippen LogP) is 2.67. The minimum Gasteiger partial charge on any atom is -0.383 e. The van der Waals surface area contributed by atoms with Crippen molar-refractivity contribution >= 4 is 11.7 Å². The van der Waals surface area contributed by atoms with E-state index in [1.165, 1.54) is 0 Å². The van der Waals surface area contributed by atoms with E-state index in [0.29, 0.717) is 39.0 Å². The summed E-state index contributed by atoms with van der Waals surface area (Å²) in [7, 11) is 1.66. The second-order valence-electron chi connectivity index (χ2n) is 6.72. The Balaban J connectivity index is 2.58. The molecule has 0 N–H and O–H groups in total. The highest BCUT2D eigenvalue weighted by molar-refractivity contribution is 5.79. The predicted molar refractivity (Wildman–Crippen MR) is 90.3 cm³/mol. The number of ether oxygens (including phenoxy) is 2. The fourth-order valence-corrected chi connectivity index (χ4v) is 3.18. The molecule has 1 saturated heterocycles. The van der Waals surface area contributed by atoms with Crippen LogP contribution in [0.5, 0.6) is 0 Å². The molecule has 0 aromatic rings. The van der Waals surface area contributed by atoms with Crippen LogP contribution in [-0.2, 0) is 19.1 Å². The summed E-state index contributed by atoms with van der Waals surface area (Å²) in [4.78, 5) is 26.2. The second-order valence-corrected chi connectivity index (χ2v) is 6.72. The lowest BCUT2D eigenvalue weighted by Gasteiger charge is -2.27. The third-order valence-corrected chi connectivity index (χ3v) is 4.87. The molecule has 0 aromatic heterocycles. The molecule has 23 heavy (non-hydrogen) atoms. The lowest BCUT2D eigenvalue weighted by Crippen LogP contribution is -2.39. The maximum absolute atomic E-state index is 12.7. The number of carbonyl (C=O) groups is 2. The van der Waals surface area contributed by atoms with Crippen LogP contribution < -0.4 is 0 Å². The smallest absolute Gasteiger partial charge is 0.223 e. The Morgan fingerprint density at radius 3 is 2.39 bits per heavy atom. The van der Waals surface area contributed by atoms with Crippen LogP contribution in [-0.4, -0.2) is 55.6 Å². The molecule has 0 spiro atoms. The van der Waals surface area contributed by atoms with Gasteiger partial charge in [-0.1, -0.05) is 20.8 Å². The van der Waals surface area contributed by atoms with Crippen LogP contribution in [0.25, 0.3) is 0 Å². The normalized spacial score (nSPS) is 23.8. The van der Waals surface area contributed by atoms with Crippen molar-refractivity contribution in [2.75, 3.05) is 26.9 Å². The molecule has 1 heterocycles. The molecule has 5 nitrogen and oxygen atoms in total. The van der Waals surface area contributed by atoms with Gasteiger partial charge < -0.3 is 14.4 Å². The molecule has 1 amide bonds. The van der Waals surface area contributed by atoms with Gasteiger partial charge in [0.15, 0.2) is 0 Å². The second kappa shape index (κ2) is 10.0. The summed E-state index contributed by atoms with van der Waals surface area (Å²) in [6.07, 6.45) is 2.57. The fourth-order valence-electron chi connectivity index (χ4n) is 3.18. The summed E-state index contributed by atoms with van der Waals surface area (Å²) >= 11 is 0. The molecule has 4 atom stereocenters. The minimum absolute atomic E-state index is 0.101. The molecule has 0 aliphatic carbocycles.